The zero-order valence-corrected chi connectivity index (χ0v) is 10.9. The Labute approximate surface area is 98.7 Å². The van der Waals surface area contributed by atoms with Gasteiger partial charge in [-0.3, -0.25) is 0 Å². The molecule has 1 heterocycles. The van der Waals surface area contributed by atoms with E-state index >= 15 is 0 Å². The molecule has 0 saturated carbocycles. The van der Waals surface area contributed by atoms with Crippen molar-refractivity contribution in [3.63, 3.8) is 0 Å². The second kappa shape index (κ2) is 6.57. The van der Waals surface area contributed by atoms with Crippen molar-refractivity contribution < 1.29 is 13.5 Å². The third-order valence-electron chi connectivity index (χ3n) is 3.22. The van der Waals surface area contributed by atoms with Crippen LogP contribution in [0.4, 0.5) is 0 Å². The molecule has 0 radical (unpaired) electrons. The van der Waals surface area contributed by atoms with E-state index in [-0.39, 0.29) is 12.4 Å². The maximum atomic E-state index is 11.8. The van der Waals surface area contributed by atoms with E-state index in [9.17, 15) is 8.42 Å². The molecule has 1 aliphatic heterocycles. The van der Waals surface area contributed by atoms with Gasteiger partial charge in [0.15, 0.2) is 0 Å². The Morgan fingerprint density at radius 1 is 1.31 bits per heavy atom. The van der Waals surface area contributed by atoms with Crippen molar-refractivity contribution in [1.29, 1.82) is 0 Å². The Morgan fingerprint density at radius 2 is 1.94 bits per heavy atom. The molecule has 1 N–H and O–H groups in total. The van der Waals surface area contributed by atoms with E-state index in [0.29, 0.717) is 25.4 Å². The topological polar surface area (TPSA) is 57.6 Å². The first-order chi connectivity index (χ1) is 7.60. The largest absolute Gasteiger partial charge is 0.396 e. The minimum Gasteiger partial charge on any atom is -0.396 e. The monoisotopic (exact) mass is 249 g/mol. The molecule has 1 saturated heterocycles. The van der Waals surface area contributed by atoms with Crippen LogP contribution in [0.2, 0.25) is 0 Å². The van der Waals surface area contributed by atoms with Gasteiger partial charge in [0.1, 0.15) is 0 Å². The molecule has 0 spiro atoms. The lowest BCUT2D eigenvalue weighted by Gasteiger charge is -2.31. The zero-order valence-electron chi connectivity index (χ0n) is 10.1. The highest BCUT2D eigenvalue weighted by molar-refractivity contribution is 7.89. The van der Waals surface area contributed by atoms with Crippen LogP contribution in [0.25, 0.3) is 0 Å². The van der Waals surface area contributed by atoms with E-state index < -0.39 is 10.0 Å². The maximum Gasteiger partial charge on any atom is 0.214 e. The predicted octanol–water partition coefficient (Wildman–Crippen LogP) is 1.21. The van der Waals surface area contributed by atoms with Crippen LogP contribution < -0.4 is 0 Å². The average molecular weight is 249 g/mol. The van der Waals surface area contributed by atoms with Crippen molar-refractivity contribution in [3.05, 3.63) is 0 Å². The minimum atomic E-state index is -3.11. The molecule has 0 bridgehead atoms. The lowest BCUT2D eigenvalue weighted by atomic mass is 9.94. The van der Waals surface area contributed by atoms with Gasteiger partial charge in [-0.05, 0) is 25.2 Å². The third-order valence-corrected chi connectivity index (χ3v) is 5.18. The number of piperidine rings is 1. The van der Waals surface area contributed by atoms with Crippen molar-refractivity contribution in [3.8, 4) is 0 Å². The van der Waals surface area contributed by atoms with Crippen LogP contribution in [0.15, 0.2) is 0 Å². The molecular formula is C11H23NO3S. The van der Waals surface area contributed by atoms with Gasteiger partial charge in [0, 0.05) is 19.7 Å². The summed E-state index contributed by atoms with van der Waals surface area (Å²) < 4.78 is 25.2. The summed E-state index contributed by atoms with van der Waals surface area (Å²) in [4.78, 5) is 0. The average Bonchev–Trinajstić information content (AvgIpc) is 2.28. The standard InChI is InChI=1S/C11H23NO3S/c1-2-4-11-5-7-12(8-6-11)16(14,15)10-3-9-13/h11,13H,2-10H2,1H3. The third kappa shape index (κ3) is 4.03. The van der Waals surface area contributed by atoms with Crippen LogP contribution in [-0.4, -0.2) is 43.3 Å². The Kier molecular flexibility index (Phi) is 5.72. The fourth-order valence-corrected chi connectivity index (χ4v) is 3.78. The summed E-state index contributed by atoms with van der Waals surface area (Å²) >= 11 is 0. The van der Waals surface area contributed by atoms with E-state index in [1.165, 1.54) is 12.8 Å². The number of nitrogens with zero attached hydrogens (tertiary/aromatic N) is 1. The lowest BCUT2D eigenvalue weighted by molar-refractivity contribution is 0.259. The van der Waals surface area contributed by atoms with Gasteiger partial charge in [-0.2, -0.15) is 0 Å². The Hall–Kier alpha value is -0.130. The van der Waals surface area contributed by atoms with E-state index in [1.54, 1.807) is 4.31 Å². The van der Waals surface area contributed by atoms with E-state index in [0.717, 1.165) is 12.8 Å². The van der Waals surface area contributed by atoms with Gasteiger partial charge >= 0.3 is 0 Å². The first-order valence-corrected chi connectivity index (χ1v) is 7.79. The second-order valence-electron chi connectivity index (χ2n) is 4.52. The number of aliphatic hydroxyl groups excluding tert-OH is 1. The van der Waals surface area contributed by atoms with Gasteiger partial charge < -0.3 is 5.11 Å². The summed E-state index contributed by atoms with van der Waals surface area (Å²) in [5, 5.41) is 8.66. The molecule has 1 aliphatic rings. The van der Waals surface area contributed by atoms with Gasteiger partial charge in [0.05, 0.1) is 5.75 Å². The summed E-state index contributed by atoms with van der Waals surface area (Å²) in [6.07, 6.45) is 4.72. The Balaban J connectivity index is 2.40. The van der Waals surface area contributed by atoms with Crippen molar-refractivity contribution >= 4 is 10.0 Å². The highest BCUT2D eigenvalue weighted by atomic mass is 32.2. The number of hydrogen-bond donors (Lipinski definition) is 1. The van der Waals surface area contributed by atoms with E-state index in [2.05, 4.69) is 6.92 Å². The molecule has 1 fully saturated rings. The Bertz CT molecular complexity index is 282. The van der Waals surface area contributed by atoms with E-state index in [1.807, 2.05) is 0 Å². The van der Waals surface area contributed by atoms with Crippen LogP contribution in [0.3, 0.4) is 0 Å². The number of aliphatic hydroxyl groups is 1. The molecule has 0 amide bonds. The van der Waals surface area contributed by atoms with Crippen LogP contribution in [0.5, 0.6) is 0 Å². The van der Waals surface area contributed by atoms with Crippen molar-refractivity contribution in [2.75, 3.05) is 25.4 Å². The number of rotatable bonds is 6. The second-order valence-corrected chi connectivity index (χ2v) is 6.61. The molecule has 0 aromatic rings. The Morgan fingerprint density at radius 3 is 2.44 bits per heavy atom. The minimum absolute atomic E-state index is 0.0501. The predicted molar refractivity (Wildman–Crippen MR) is 64.7 cm³/mol. The summed E-state index contributed by atoms with van der Waals surface area (Å²) in [5.74, 6) is 0.788. The van der Waals surface area contributed by atoms with Gasteiger partial charge in [-0.25, -0.2) is 12.7 Å². The molecular weight excluding hydrogens is 226 g/mol. The molecule has 16 heavy (non-hydrogen) atoms. The molecule has 0 atom stereocenters. The van der Waals surface area contributed by atoms with Crippen molar-refractivity contribution in [1.82, 2.24) is 4.31 Å². The van der Waals surface area contributed by atoms with Gasteiger partial charge in [0.25, 0.3) is 0 Å². The van der Waals surface area contributed by atoms with Gasteiger partial charge in [-0.1, -0.05) is 19.8 Å². The van der Waals surface area contributed by atoms with Crippen molar-refractivity contribution in [2.24, 2.45) is 5.92 Å². The quantitative estimate of drug-likeness (QED) is 0.770. The number of sulfonamides is 1. The highest BCUT2D eigenvalue weighted by Crippen LogP contribution is 2.23. The summed E-state index contributed by atoms with van der Waals surface area (Å²) in [5.41, 5.74) is 0. The molecule has 0 aromatic heterocycles. The molecule has 96 valence electrons. The zero-order chi connectivity index (χ0) is 12.0. The normalized spacial score (nSPS) is 20.1. The van der Waals surface area contributed by atoms with Crippen LogP contribution >= 0.6 is 0 Å². The van der Waals surface area contributed by atoms with Gasteiger partial charge in [0.2, 0.25) is 10.0 Å². The highest BCUT2D eigenvalue weighted by Gasteiger charge is 2.26. The molecule has 0 aliphatic carbocycles. The summed E-state index contributed by atoms with van der Waals surface area (Å²) in [7, 11) is -3.11. The smallest absolute Gasteiger partial charge is 0.214 e. The molecule has 4 nitrogen and oxygen atoms in total. The van der Waals surface area contributed by atoms with Crippen LogP contribution in [-0.2, 0) is 10.0 Å². The molecule has 5 heteroatoms. The molecule has 0 unspecified atom stereocenters. The number of hydrogen-bond acceptors (Lipinski definition) is 3. The van der Waals surface area contributed by atoms with Gasteiger partial charge in [-0.15, -0.1) is 0 Å². The fourth-order valence-electron chi connectivity index (χ4n) is 2.26. The van der Waals surface area contributed by atoms with E-state index in [4.69, 9.17) is 5.11 Å². The maximum absolute atomic E-state index is 11.8. The van der Waals surface area contributed by atoms with Crippen LogP contribution in [0, 0.1) is 5.92 Å². The van der Waals surface area contributed by atoms with Crippen molar-refractivity contribution in [2.45, 2.75) is 39.0 Å². The SMILES string of the molecule is CCCC1CCN(S(=O)(=O)CCCO)CC1. The fraction of sp³-hybridized carbons (Fsp3) is 1.00. The first-order valence-electron chi connectivity index (χ1n) is 6.19. The lowest BCUT2D eigenvalue weighted by Crippen LogP contribution is -2.39. The van der Waals surface area contributed by atoms with Crippen LogP contribution in [0.1, 0.15) is 39.0 Å². The summed E-state index contributed by atoms with van der Waals surface area (Å²) in [6, 6.07) is 0. The summed E-state index contributed by atoms with van der Waals surface area (Å²) in [6.45, 7) is 3.45. The molecule has 0 aromatic carbocycles. The molecule has 1 rings (SSSR count). The first kappa shape index (κ1) is 13.9.